The number of nitrogens with zero attached hydrogens (tertiary/aromatic N) is 2. The molecule has 1 aromatic heterocycles. The first-order valence-corrected chi connectivity index (χ1v) is 9.08. The summed E-state index contributed by atoms with van der Waals surface area (Å²) in [6, 6.07) is 10.5. The first-order chi connectivity index (χ1) is 10.9. The van der Waals surface area contributed by atoms with Gasteiger partial charge in [0.05, 0.1) is 11.4 Å². The fraction of sp³-hybridized carbons (Fsp3) is 0.353. The van der Waals surface area contributed by atoms with Crippen molar-refractivity contribution >= 4 is 10.0 Å². The number of hydrogen-bond donors (Lipinski definition) is 0. The van der Waals surface area contributed by atoms with Crippen LogP contribution >= 0.6 is 0 Å². The first-order valence-electron chi connectivity index (χ1n) is 7.64. The van der Waals surface area contributed by atoms with E-state index in [2.05, 4.69) is 0 Å². The quantitative estimate of drug-likeness (QED) is 0.814. The van der Waals surface area contributed by atoms with Crippen molar-refractivity contribution in [2.24, 2.45) is 0 Å². The Kier molecular flexibility index (Phi) is 5.38. The zero-order chi connectivity index (χ0) is 17.0. The van der Waals surface area contributed by atoms with Gasteiger partial charge in [0.1, 0.15) is 0 Å². The third-order valence-corrected chi connectivity index (χ3v) is 5.77. The highest BCUT2D eigenvalue weighted by molar-refractivity contribution is 7.89. The molecule has 0 amide bonds. The van der Waals surface area contributed by atoms with E-state index in [1.807, 2.05) is 31.2 Å². The Morgan fingerprint density at radius 1 is 1.09 bits per heavy atom. The molecule has 0 aliphatic rings. The van der Waals surface area contributed by atoms with Gasteiger partial charge >= 0.3 is 0 Å². The Balaban J connectivity index is 2.42. The van der Waals surface area contributed by atoms with Gasteiger partial charge in [-0.3, -0.25) is 4.79 Å². The number of benzene rings is 1. The SMILES string of the molecule is CCN(CC)S(=O)(=O)c1ccc(=O)n(Cc2cccc(C)c2)c1. The monoisotopic (exact) mass is 334 g/mol. The smallest absolute Gasteiger partial charge is 0.250 e. The molecule has 124 valence electrons. The fourth-order valence-corrected chi connectivity index (χ4v) is 3.98. The van der Waals surface area contributed by atoms with E-state index in [-0.39, 0.29) is 10.5 Å². The number of hydrogen-bond acceptors (Lipinski definition) is 3. The Hall–Kier alpha value is -1.92. The average Bonchev–Trinajstić information content (AvgIpc) is 2.50. The van der Waals surface area contributed by atoms with Gasteiger partial charge in [0.25, 0.3) is 5.56 Å². The highest BCUT2D eigenvalue weighted by atomic mass is 32.2. The molecule has 0 radical (unpaired) electrons. The lowest BCUT2D eigenvalue weighted by Gasteiger charge is -2.19. The maximum atomic E-state index is 12.6. The Bertz CT molecular complexity index is 837. The van der Waals surface area contributed by atoms with Gasteiger partial charge in [0.2, 0.25) is 10.0 Å². The summed E-state index contributed by atoms with van der Waals surface area (Å²) in [5.74, 6) is 0. The molecule has 1 aromatic carbocycles. The molecule has 5 nitrogen and oxygen atoms in total. The molecule has 0 atom stereocenters. The molecular formula is C17H22N2O3S. The van der Waals surface area contributed by atoms with Gasteiger partial charge in [-0.05, 0) is 18.6 Å². The van der Waals surface area contributed by atoms with Crippen LogP contribution in [0.3, 0.4) is 0 Å². The minimum Gasteiger partial charge on any atom is -0.310 e. The molecule has 0 N–H and O–H groups in total. The molecule has 0 spiro atoms. The molecule has 1 heterocycles. The van der Waals surface area contributed by atoms with Crippen molar-refractivity contribution in [2.75, 3.05) is 13.1 Å². The van der Waals surface area contributed by atoms with Crippen molar-refractivity contribution in [3.8, 4) is 0 Å². The summed E-state index contributed by atoms with van der Waals surface area (Å²) in [6.45, 7) is 6.72. The van der Waals surface area contributed by atoms with Gasteiger partial charge in [-0.2, -0.15) is 4.31 Å². The minimum absolute atomic E-state index is 0.147. The Morgan fingerprint density at radius 2 is 1.78 bits per heavy atom. The summed E-state index contributed by atoms with van der Waals surface area (Å²) in [5, 5.41) is 0. The fourth-order valence-electron chi connectivity index (χ4n) is 2.51. The van der Waals surface area contributed by atoms with Crippen LogP contribution in [0.1, 0.15) is 25.0 Å². The second-order valence-electron chi connectivity index (χ2n) is 5.41. The lowest BCUT2D eigenvalue weighted by atomic mass is 10.1. The maximum absolute atomic E-state index is 12.6. The molecule has 6 heteroatoms. The molecule has 0 aliphatic carbocycles. The standard InChI is InChI=1S/C17H22N2O3S/c1-4-19(5-2)23(21,22)16-9-10-17(20)18(13-16)12-15-8-6-7-14(3)11-15/h6-11,13H,4-5,12H2,1-3H3. The molecule has 2 rings (SSSR count). The van der Waals surface area contributed by atoms with E-state index in [0.29, 0.717) is 19.6 Å². The number of aryl methyl sites for hydroxylation is 1. The Morgan fingerprint density at radius 3 is 2.39 bits per heavy atom. The van der Waals surface area contributed by atoms with E-state index in [1.54, 1.807) is 13.8 Å². The topological polar surface area (TPSA) is 59.4 Å². The minimum atomic E-state index is -3.57. The summed E-state index contributed by atoms with van der Waals surface area (Å²) < 4.78 is 28.0. The van der Waals surface area contributed by atoms with E-state index in [9.17, 15) is 13.2 Å². The van der Waals surface area contributed by atoms with Crippen molar-refractivity contribution < 1.29 is 8.42 Å². The van der Waals surface area contributed by atoms with Gasteiger partial charge in [-0.1, -0.05) is 43.7 Å². The first kappa shape index (κ1) is 17.4. The molecule has 0 saturated carbocycles. The molecule has 23 heavy (non-hydrogen) atoms. The van der Waals surface area contributed by atoms with E-state index in [1.165, 1.54) is 27.2 Å². The highest BCUT2D eigenvalue weighted by Crippen LogP contribution is 2.14. The van der Waals surface area contributed by atoms with Crippen LogP contribution in [0.5, 0.6) is 0 Å². The van der Waals surface area contributed by atoms with Gasteiger partial charge in [0.15, 0.2) is 0 Å². The van der Waals surface area contributed by atoms with E-state index in [0.717, 1.165) is 11.1 Å². The van der Waals surface area contributed by atoms with Gasteiger partial charge in [-0.15, -0.1) is 0 Å². The molecule has 0 bridgehead atoms. The largest absolute Gasteiger partial charge is 0.310 e. The Labute approximate surface area is 137 Å². The molecular weight excluding hydrogens is 312 g/mol. The highest BCUT2D eigenvalue weighted by Gasteiger charge is 2.22. The van der Waals surface area contributed by atoms with Gasteiger partial charge in [0, 0.05) is 25.4 Å². The molecule has 0 aliphatic heterocycles. The summed E-state index contributed by atoms with van der Waals surface area (Å²) in [5.41, 5.74) is 1.84. The lowest BCUT2D eigenvalue weighted by Crippen LogP contribution is -2.32. The second-order valence-corrected chi connectivity index (χ2v) is 7.35. The molecule has 0 unspecified atom stereocenters. The molecule has 0 saturated heterocycles. The predicted molar refractivity (Wildman–Crippen MR) is 91.1 cm³/mol. The average molecular weight is 334 g/mol. The van der Waals surface area contributed by atoms with Crippen molar-refractivity contribution in [3.63, 3.8) is 0 Å². The van der Waals surface area contributed by atoms with E-state index < -0.39 is 10.0 Å². The van der Waals surface area contributed by atoms with Crippen LogP contribution in [-0.4, -0.2) is 30.4 Å². The summed E-state index contributed by atoms with van der Waals surface area (Å²) in [7, 11) is -3.57. The zero-order valence-corrected chi connectivity index (χ0v) is 14.5. The van der Waals surface area contributed by atoms with Crippen LogP contribution in [0.2, 0.25) is 0 Å². The predicted octanol–water partition coefficient (Wildman–Crippen LogP) is 2.24. The van der Waals surface area contributed by atoms with Crippen molar-refractivity contribution in [3.05, 3.63) is 64.1 Å². The van der Waals surface area contributed by atoms with Crippen molar-refractivity contribution in [1.29, 1.82) is 0 Å². The van der Waals surface area contributed by atoms with Crippen LogP contribution in [0.4, 0.5) is 0 Å². The van der Waals surface area contributed by atoms with E-state index in [4.69, 9.17) is 0 Å². The van der Waals surface area contributed by atoms with Crippen molar-refractivity contribution in [1.82, 2.24) is 8.87 Å². The van der Waals surface area contributed by atoms with Gasteiger partial charge < -0.3 is 4.57 Å². The maximum Gasteiger partial charge on any atom is 0.250 e. The number of rotatable bonds is 6. The van der Waals surface area contributed by atoms with Crippen molar-refractivity contribution in [2.45, 2.75) is 32.2 Å². The third-order valence-electron chi connectivity index (χ3n) is 3.73. The van der Waals surface area contributed by atoms with Crippen LogP contribution in [0.15, 0.2) is 52.3 Å². The van der Waals surface area contributed by atoms with Crippen LogP contribution in [0.25, 0.3) is 0 Å². The summed E-state index contributed by atoms with van der Waals surface area (Å²) in [6.07, 6.45) is 1.43. The van der Waals surface area contributed by atoms with Crippen LogP contribution < -0.4 is 5.56 Å². The number of aromatic nitrogens is 1. The van der Waals surface area contributed by atoms with Crippen LogP contribution in [0, 0.1) is 6.92 Å². The number of pyridine rings is 1. The van der Waals surface area contributed by atoms with Gasteiger partial charge in [-0.25, -0.2) is 8.42 Å². The molecule has 2 aromatic rings. The second kappa shape index (κ2) is 7.10. The summed E-state index contributed by atoms with van der Waals surface area (Å²) in [4.78, 5) is 12.2. The third kappa shape index (κ3) is 3.89. The normalized spacial score (nSPS) is 11.8. The zero-order valence-electron chi connectivity index (χ0n) is 13.7. The number of sulfonamides is 1. The lowest BCUT2D eigenvalue weighted by molar-refractivity contribution is 0.444. The molecule has 0 fully saturated rings. The van der Waals surface area contributed by atoms with Crippen LogP contribution in [-0.2, 0) is 16.6 Å². The summed E-state index contributed by atoms with van der Waals surface area (Å²) >= 11 is 0. The van der Waals surface area contributed by atoms with E-state index >= 15 is 0 Å².